The SMILES string of the molecule is O=C(O)NC(Cc1cc(F)cc(F)c1)C(O)CNC1(c2cc(Br)sc2Br)CCCCC1. The normalized spacial score (nSPS) is 17.8. The molecule has 1 aliphatic rings. The fourth-order valence-electron chi connectivity index (χ4n) is 4.23. The Balaban J connectivity index is 1.77. The summed E-state index contributed by atoms with van der Waals surface area (Å²) in [4.78, 5) is 11.3. The van der Waals surface area contributed by atoms with Crippen LogP contribution in [0.4, 0.5) is 13.6 Å². The molecule has 2 aromatic rings. The van der Waals surface area contributed by atoms with Crippen LogP contribution in [0.3, 0.4) is 0 Å². The van der Waals surface area contributed by atoms with E-state index >= 15 is 0 Å². The summed E-state index contributed by atoms with van der Waals surface area (Å²) < 4.78 is 29.1. The molecule has 170 valence electrons. The molecule has 10 heteroatoms. The minimum atomic E-state index is -1.31. The molecule has 1 aromatic heterocycles. The van der Waals surface area contributed by atoms with Crippen molar-refractivity contribution in [2.75, 3.05) is 6.54 Å². The highest BCUT2D eigenvalue weighted by atomic mass is 79.9. The second kappa shape index (κ2) is 10.7. The number of rotatable bonds is 8. The third kappa shape index (κ3) is 6.47. The van der Waals surface area contributed by atoms with E-state index in [9.17, 15) is 23.8 Å². The predicted molar refractivity (Wildman–Crippen MR) is 124 cm³/mol. The van der Waals surface area contributed by atoms with E-state index in [-0.39, 0.29) is 24.1 Å². The van der Waals surface area contributed by atoms with Gasteiger partial charge >= 0.3 is 6.09 Å². The van der Waals surface area contributed by atoms with Gasteiger partial charge in [-0.15, -0.1) is 11.3 Å². The van der Waals surface area contributed by atoms with E-state index in [1.54, 1.807) is 11.3 Å². The molecule has 2 atom stereocenters. The lowest BCUT2D eigenvalue weighted by Crippen LogP contribution is -2.53. The molecule has 0 spiro atoms. The number of aliphatic hydroxyl groups excluding tert-OH is 1. The molecule has 1 saturated carbocycles. The van der Waals surface area contributed by atoms with Gasteiger partial charge in [-0.25, -0.2) is 13.6 Å². The maximum absolute atomic E-state index is 13.6. The van der Waals surface area contributed by atoms with E-state index < -0.39 is 29.9 Å². The number of thiophene rings is 1. The number of hydrogen-bond acceptors (Lipinski definition) is 4. The molecule has 5 nitrogen and oxygen atoms in total. The molecule has 0 radical (unpaired) electrons. The minimum Gasteiger partial charge on any atom is -0.465 e. The second-order valence-electron chi connectivity index (χ2n) is 7.87. The lowest BCUT2D eigenvalue weighted by Gasteiger charge is -2.40. The zero-order valence-electron chi connectivity index (χ0n) is 16.6. The molecule has 1 fully saturated rings. The Labute approximate surface area is 200 Å². The molecule has 3 rings (SSSR count). The summed E-state index contributed by atoms with van der Waals surface area (Å²) in [5, 5.41) is 25.8. The van der Waals surface area contributed by atoms with Crippen molar-refractivity contribution >= 4 is 49.3 Å². The first-order valence-corrected chi connectivity index (χ1v) is 12.4. The summed E-state index contributed by atoms with van der Waals surface area (Å²) >= 11 is 8.75. The monoisotopic (exact) mass is 580 g/mol. The molecule has 0 bridgehead atoms. The quantitative estimate of drug-likeness (QED) is 0.330. The molecule has 0 saturated heterocycles. The lowest BCUT2D eigenvalue weighted by molar-refractivity contribution is 0.1000. The molecular formula is C21H24Br2F2N2O3S. The van der Waals surface area contributed by atoms with Crippen molar-refractivity contribution in [2.45, 2.75) is 56.2 Å². The average Bonchev–Trinajstić information content (AvgIpc) is 3.04. The highest BCUT2D eigenvalue weighted by Gasteiger charge is 2.37. The van der Waals surface area contributed by atoms with Gasteiger partial charge in [0.2, 0.25) is 0 Å². The van der Waals surface area contributed by atoms with Gasteiger partial charge in [-0.3, -0.25) is 0 Å². The Kier molecular flexibility index (Phi) is 8.48. The third-order valence-corrected chi connectivity index (χ3v) is 8.02. The van der Waals surface area contributed by atoms with Gasteiger partial charge in [0, 0.05) is 18.2 Å². The Morgan fingerprint density at radius 1 is 1.13 bits per heavy atom. The first-order valence-electron chi connectivity index (χ1n) is 10.0. The summed E-state index contributed by atoms with van der Waals surface area (Å²) in [6, 6.07) is 4.18. The summed E-state index contributed by atoms with van der Waals surface area (Å²) in [7, 11) is 0. The molecule has 31 heavy (non-hydrogen) atoms. The van der Waals surface area contributed by atoms with Crippen LogP contribution in [0.15, 0.2) is 31.8 Å². The summed E-state index contributed by atoms with van der Waals surface area (Å²) in [5.74, 6) is -1.49. The first-order chi connectivity index (χ1) is 14.7. The van der Waals surface area contributed by atoms with Crippen LogP contribution >= 0.6 is 43.2 Å². The van der Waals surface area contributed by atoms with Crippen LogP contribution in [-0.2, 0) is 12.0 Å². The zero-order valence-corrected chi connectivity index (χ0v) is 20.6. The number of benzene rings is 1. The van der Waals surface area contributed by atoms with Crippen molar-refractivity contribution in [3.63, 3.8) is 0 Å². The Morgan fingerprint density at radius 3 is 2.32 bits per heavy atom. The number of aliphatic hydroxyl groups is 1. The highest BCUT2D eigenvalue weighted by molar-refractivity contribution is 9.12. The smallest absolute Gasteiger partial charge is 0.404 e. The maximum Gasteiger partial charge on any atom is 0.404 e. The van der Waals surface area contributed by atoms with Gasteiger partial charge in [0.25, 0.3) is 0 Å². The zero-order chi connectivity index (χ0) is 22.6. The molecular weight excluding hydrogens is 558 g/mol. The molecule has 0 aliphatic heterocycles. The minimum absolute atomic E-state index is 0.0372. The van der Waals surface area contributed by atoms with Crippen LogP contribution < -0.4 is 10.6 Å². The van der Waals surface area contributed by atoms with Crippen LogP contribution in [0.5, 0.6) is 0 Å². The topological polar surface area (TPSA) is 81.6 Å². The van der Waals surface area contributed by atoms with E-state index in [0.717, 1.165) is 63.4 Å². The molecule has 4 N–H and O–H groups in total. The number of halogens is 4. The third-order valence-electron chi connectivity index (χ3n) is 5.68. The first kappa shape index (κ1) is 24.6. The molecule has 2 unspecified atom stereocenters. The number of hydrogen-bond donors (Lipinski definition) is 4. The molecule has 1 aliphatic carbocycles. The van der Waals surface area contributed by atoms with Crippen molar-refractivity contribution in [1.82, 2.24) is 10.6 Å². The number of amides is 1. The van der Waals surface area contributed by atoms with Gasteiger partial charge in [-0.1, -0.05) is 19.3 Å². The molecule has 1 heterocycles. The fourth-order valence-corrected chi connectivity index (χ4v) is 7.33. The van der Waals surface area contributed by atoms with Gasteiger partial charge in [0.1, 0.15) is 11.6 Å². The van der Waals surface area contributed by atoms with Gasteiger partial charge in [-0.2, -0.15) is 0 Å². The number of carbonyl (C=O) groups is 1. The van der Waals surface area contributed by atoms with Gasteiger partial charge in [-0.05, 0) is 80.4 Å². The second-order valence-corrected chi connectivity index (χ2v) is 11.6. The Hall–Kier alpha value is -1.07. The van der Waals surface area contributed by atoms with Gasteiger partial charge in [0.05, 0.1) is 19.7 Å². The van der Waals surface area contributed by atoms with Crippen molar-refractivity contribution in [1.29, 1.82) is 0 Å². The molecule has 1 amide bonds. The van der Waals surface area contributed by atoms with Crippen molar-refractivity contribution in [2.24, 2.45) is 0 Å². The molecule has 1 aromatic carbocycles. The van der Waals surface area contributed by atoms with Crippen molar-refractivity contribution < 1.29 is 23.8 Å². The average molecular weight is 582 g/mol. The lowest BCUT2D eigenvalue weighted by atomic mass is 9.77. The van der Waals surface area contributed by atoms with Crippen LogP contribution in [-0.4, -0.2) is 35.0 Å². The maximum atomic E-state index is 13.6. The van der Waals surface area contributed by atoms with E-state index in [4.69, 9.17) is 0 Å². The van der Waals surface area contributed by atoms with Gasteiger partial charge in [0.15, 0.2) is 0 Å². The number of nitrogens with one attached hydrogen (secondary N) is 2. The predicted octanol–water partition coefficient (Wildman–Crippen LogP) is 5.54. The summed E-state index contributed by atoms with van der Waals surface area (Å²) in [5.41, 5.74) is 1.05. The Morgan fingerprint density at radius 2 is 1.77 bits per heavy atom. The summed E-state index contributed by atoms with van der Waals surface area (Å²) in [6.07, 6.45) is 2.58. The highest BCUT2D eigenvalue weighted by Crippen LogP contribution is 2.45. The van der Waals surface area contributed by atoms with E-state index in [1.807, 2.05) is 0 Å². The van der Waals surface area contributed by atoms with E-state index in [0.29, 0.717) is 0 Å². The van der Waals surface area contributed by atoms with Crippen LogP contribution in [0.25, 0.3) is 0 Å². The van der Waals surface area contributed by atoms with E-state index in [2.05, 4.69) is 48.6 Å². The standard InChI is InChI=1S/C21H24Br2F2N2O3S/c22-18-10-15(19(23)31-18)21(4-2-1-3-5-21)26-11-17(28)16(27-20(29)30)8-12-6-13(24)9-14(25)7-12/h6-7,9-10,16-17,26-28H,1-5,8,11H2,(H,29,30). The van der Waals surface area contributed by atoms with Crippen molar-refractivity contribution in [3.05, 3.63) is 54.6 Å². The van der Waals surface area contributed by atoms with Crippen LogP contribution in [0.2, 0.25) is 0 Å². The largest absolute Gasteiger partial charge is 0.465 e. The van der Waals surface area contributed by atoms with Crippen LogP contribution in [0, 0.1) is 11.6 Å². The summed E-state index contributed by atoms with van der Waals surface area (Å²) in [6.45, 7) is 0.128. The van der Waals surface area contributed by atoms with Crippen molar-refractivity contribution in [3.8, 4) is 0 Å². The van der Waals surface area contributed by atoms with Gasteiger partial charge < -0.3 is 20.8 Å². The van der Waals surface area contributed by atoms with Crippen LogP contribution in [0.1, 0.15) is 43.2 Å². The Bertz CT molecular complexity index is 902. The number of carboxylic acid groups (broad SMARTS) is 1. The fraction of sp³-hybridized carbons (Fsp3) is 0.476. The van der Waals surface area contributed by atoms with E-state index in [1.165, 1.54) is 0 Å².